The number of fused-ring (bicyclic) bond motifs is 3. The molecule has 120 valence electrons. The molecule has 0 aliphatic rings. The normalized spacial score (nSPS) is 13.7. The minimum atomic E-state index is -4.41. The second-order valence-corrected chi connectivity index (χ2v) is 6.73. The van der Waals surface area contributed by atoms with Gasteiger partial charge in [-0.25, -0.2) is 0 Å². The van der Waals surface area contributed by atoms with Crippen molar-refractivity contribution in [2.24, 2.45) is 0 Å². The molecule has 0 fully saturated rings. The molecule has 0 aromatic heterocycles. The zero-order valence-electron chi connectivity index (χ0n) is 11.7. The van der Waals surface area contributed by atoms with Gasteiger partial charge < -0.3 is 5.11 Å². The molecular weight excluding hydrogens is 437 g/mol. The number of halogens is 5. The van der Waals surface area contributed by atoms with Gasteiger partial charge >= 0.3 is 6.18 Å². The topological polar surface area (TPSA) is 20.2 Å². The maximum atomic E-state index is 13.1. The molecule has 0 unspecified atom stereocenters. The van der Waals surface area contributed by atoms with Gasteiger partial charge in [-0.15, -0.1) is 0 Å². The van der Waals surface area contributed by atoms with Crippen LogP contribution in [-0.2, 0) is 6.18 Å². The van der Waals surface area contributed by atoms with Gasteiger partial charge in [0, 0.05) is 9.80 Å². The zero-order valence-corrected chi connectivity index (χ0v) is 14.8. The average Bonchev–Trinajstić information content (AvgIpc) is 2.52. The van der Waals surface area contributed by atoms with E-state index in [0.29, 0.717) is 27.1 Å². The smallest absolute Gasteiger partial charge is 0.388 e. The second kappa shape index (κ2) is 6.07. The molecule has 0 aliphatic heterocycles. The van der Waals surface area contributed by atoms with Crippen LogP contribution in [0.1, 0.15) is 17.2 Å². The van der Waals surface area contributed by atoms with Gasteiger partial charge in [-0.2, -0.15) is 13.2 Å². The molecule has 3 aromatic rings. The fraction of sp³-hybridized carbons (Fsp3) is 0.176. The molecule has 0 saturated heterocycles. The number of benzene rings is 3. The molecule has 0 radical (unpaired) electrons. The summed E-state index contributed by atoms with van der Waals surface area (Å²) in [6, 6.07) is 10.8. The predicted molar refractivity (Wildman–Crippen MR) is 92.9 cm³/mol. The van der Waals surface area contributed by atoms with Crippen molar-refractivity contribution in [1.82, 2.24) is 0 Å². The van der Waals surface area contributed by atoms with E-state index in [-0.39, 0.29) is 0 Å². The van der Waals surface area contributed by atoms with Crippen LogP contribution < -0.4 is 0 Å². The molecule has 3 aromatic carbocycles. The van der Waals surface area contributed by atoms with Crippen molar-refractivity contribution in [1.29, 1.82) is 0 Å². The fourth-order valence-electron chi connectivity index (χ4n) is 2.71. The van der Waals surface area contributed by atoms with E-state index in [9.17, 15) is 18.3 Å². The Labute approximate surface area is 147 Å². The van der Waals surface area contributed by atoms with E-state index in [1.807, 2.05) is 12.1 Å². The van der Waals surface area contributed by atoms with Gasteiger partial charge in [0.25, 0.3) is 0 Å². The van der Waals surface area contributed by atoms with E-state index in [2.05, 4.69) is 31.9 Å². The van der Waals surface area contributed by atoms with Crippen molar-refractivity contribution in [3.05, 3.63) is 58.1 Å². The van der Waals surface area contributed by atoms with Gasteiger partial charge in [-0.3, -0.25) is 0 Å². The van der Waals surface area contributed by atoms with Crippen LogP contribution in [0.15, 0.2) is 46.9 Å². The van der Waals surface area contributed by atoms with Crippen LogP contribution in [0, 0.1) is 0 Å². The van der Waals surface area contributed by atoms with Crippen molar-refractivity contribution in [3.8, 4) is 0 Å². The number of hydrogen-bond donors (Lipinski definition) is 1. The van der Waals surface area contributed by atoms with Gasteiger partial charge in [-0.1, -0.05) is 50.1 Å². The average molecular weight is 448 g/mol. The lowest BCUT2D eigenvalue weighted by molar-refractivity contribution is -0.137. The van der Waals surface area contributed by atoms with Crippen LogP contribution in [-0.4, -0.2) is 10.4 Å². The highest BCUT2D eigenvalue weighted by Gasteiger charge is 2.31. The Bertz CT molecular complexity index is 890. The molecule has 0 aliphatic carbocycles. The van der Waals surface area contributed by atoms with Crippen molar-refractivity contribution >= 4 is 53.4 Å². The number of aliphatic hydroxyl groups is 1. The van der Waals surface area contributed by atoms with Crippen LogP contribution >= 0.6 is 31.9 Å². The van der Waals surface area contributed by atoms with Crippen molar-refractivity contribution in [2.45, 2.75) is 12.3 Å². The molecule has 6 heteroatoms. The Morgan fingerprint density at radius 1 is 0.957 bits per heavy atom. The lowest BCUT2D eigenvalue weighted by Crippen LogP contribution is -2.05. The summed E-state index contributed by atoms with van der Waals surface area (Å²) < 4.78 is 39.9. The van der Waals surface area contributed by atoms with Crippen LogP contribution in [0.5, 0.6) is 0 Å². The minimum absolute atomic E-state index is 0.305. The number of aliphatic hydroxyl groups excluding tert-OH is 1. The first-order chi connectivity index (χ1) is 10.8. The van der Waals surface area contributed by atoms with Crippen LogP contribution in [0.4, 0.5) is 13.2 Å². The Morgan fingerprint density at radius 3 is 2.35 bits per heavy atom. The molecular formula is C17H11Br2F3O. The van der Waals surface area contributed by atoms with Crippen molar-refractivity contribution in [2.75, 3.05) is 5.33 Å². The van der Waals surface area contributed by atoms with Gasteiger partial charge in [0.1, 0.15) is 0 Å². The van der Waals surface area contributed by atoms with E-state index < -0.39 is 17.8 Å². The largest absolute Gasteiger partial charge is 0.416 e. The number of hydrogen-bond acceptors (Lipinski definition) is 1. The monoisotopic (exact) mass is 446 g/mol. The van der Waals surface area contributed by atoms with Gasteiger partial charge in [0.15, 0.2) is 0 Å². The Balaban J connectivity index is 2.47. The molecule has 3 rings (SSSR count). The van der Waals surface area contributed by atoms with E-state index in [1.54, 1.807) is 12.1 Å². The maximum Gasteiger partial charge on any atom is 0.416 e. The van der Waals surface area contributed by atoms with Crippen LogP contribution in [0.25, 0.3) is 21.5 Å². The van der Waals surface area contributed by atoms with E-state index in [4.69, 9.17) is 0 Å². The van der Waals surface area contributed by atoms with Crippen LogP contribution in [0.3, 0.4) is 0 Å². The maximum absolute atomic E-state index is 13.1. The van der Waals surface area contributed by atoms with E-state index in [0.717, 1.165) is 22.0 Å². The third-order valence-corrected chi connectivity index (χ3v) is 5.11. The zero-order chi connectivity index (χ0) is 16.8. The fourth-order valence-corrected chi connectivity index (χ4v) is 3.54. The summed E-state index contributed by atoms with van der Waals surface area (Å²) in [5.41, 5.74) is -0.0956. The Morgan fingerprint density at radius 2 is 1.70 bits per heavy atom. The second-order valence-electron chi connectivity index (χ2n) is 5.23. The lowest BCUT2D eigenvalue weighted by Gasteiger charge is -2.16. The summed E-state index contributed by atoms with van der Waals surface area (Å²) in [6.45, 7) is 0. The highest BCUT2D eigenvalue weighted by molar-refractivity contribution is 9.10. The highest BCUT2D eigenvalue weighted by atomic mass is 79.9. The quantitative estimate of drug-likeness (QED) is 0.366. The molecule has 0 heterocycles. The molecule has 0 saturated carbocycles. The summed E-state index contributed by atoms with van der Waals surface area (Å²) in [5.74, 6) is 0. The third-order valence-electron chi connectivity index (χ3n) is 3.81. The molecule has 0 amide bonds. The molecule has 0 bridgehead atoms. The van der Waals surface area contributed by atoms with Gasteiger partial charge in [0.05, 0.1) is 11.7 Å². The molecule has 1 nitrogen and oxygen atoms in total. The van der Waals surface area contributed by atoms with E-state index >= 15 is 0 Å². The van der Waals surface area contributed by atoms with Crippen molar-refractivity contribution in [3.63, 3.8) is 0 Å². The third kappa shape index (κ3) is 2.99. The standard InChI is InChI=1S/C17H11Br2F3O/c18-8-16(23)14-7-13-10(2-1-3-15(13)19)12-6-9(17(20,21)22)4-5-11(12)14/h1-7,16,23H,8H2/t16-/m1/s1. The summed E-state index contributed by atoms with van der Waals surface area (Å²) in [7, 11) is 0. The minimum Gasteiger partial charge on any atom is -0.388 e. The Kier molecular flexibility index (Phi) is 4.42. The van der Waals surface area contributed by atoms with Gasteiger partial charge in [-0.05, 0) is 51.4 Å². The summed E-state index contributed by atoms with van der Waals surface area (Å²) in [6.07, 6.45) is -5.21. The summed E-state index contributed by atoms with van der Waals surface area (Å²) >= 11 is 6.65. The number of rotatable bonds is 2. The SMILES string of the molecule is O[C@H](CBr)c1cc2c(Br)cccc2c2cc(C(F)(F)F)ccc12. The van der Waals surface area contributed by atoms with Crippen LogP contribution in [0.2, 0.25) is 0 Å². The first kappa shape index (κ1) is 16.7. The first-order valence-electron chi connectivity index (χ1n) is 6.79. The lowest BCUT2D eigenvalue weighted by atomic mass is 9.93. The van der Waals surface area contributed by atoms with E-state index in [1.165, 1.54) is 6.07 Å². The highest BCUT2D eigenvalue weighted by Crippen LogP contribution is 2.39. The molecule has 1 N–H and O–H groups in total. The first-order valence-corrected chi connectivity index (χ1v) is 8.70. The number of alkyl halides is 4. The molecule has 1 atom stereocenters. The molecule has 23 heavy (non-hydrogen) atoms. The Hall–Kier alpha value is -1.11. The van der Waals surface area contributed by atoms with Crippen molar-refractivity contribution < 1.29 is 18.3 Å². The van der Waals surface area contributed by atoms with Gasteiger partial charge in [0.2, 0.25) is 0 Å². The summed E-state index contributed by atoms with van der Waals surface area (Å²) in [5, 5.41) is 13.1. The predicted octanol–water partition coefficient (Wildman–Crippen LogP) is 6.20. The molecule has 0 spiro atoms. The summed E-state index contributed by atoms with van der Waals surface area (Å²) in [4.78, 5) is 0.